The zero-order valence-corrected chi connectivity index (χ0v) is 21.1. The number of carbonyl (C=O) groups is 1. The third-order valence-corrected chi connectivity index (χ3v) is 10.3. The van der Waals surface area contributed by atoms with Crippen LogP contribution in [0.5, 0.6) is 0 Å². The van der Waals surface area contributed by atoms with Gasteiger partial charge in [-0.3, -0.25) is 9.48 Å². The molecule has 14 heteroatoms. The molecule has 1 aliphatic rings. The molecule has 0 amide bonds. The number of halogens is 3. The molecule has 2 aromatic rings. The summed E-state index contributed by atoms with van der Waals surface area (Å²) in [5.74, 6) is -1.13. The van der Waals surface area contributed by atoms with E-state index in [0.717, 1.165) is 10.4 Å². The van der Waals surface area contributed by atoms with Crippen LogP contribution in [-0.4, -0.2) is 53.8 Å². The SMILES string of the molecule is CN(C1CCCc2c1cnn2CC(=O)O)S(=O)(=O)c1cc(C(F)(F)F)cc(S(=O)(=O)C(C)(C)C)c1. The summed E-state index contributed by atoms with van der Waals surface area (Å²) >= 11 is 0. The van der Waals surface area contributed by atoms with Gasteiger partial charge in [-0.1, -0.05) is 0 Å². The van der Waals surface area contributed by atoms with Crippen molar-refractivity contribution in [3.8, 4) is 0 Å². The van der Waals surface area contributed by atoms with Crippen LogP contribution in [0.4, 0.5) is 13.2 Å². The third-order valence-electron chi connectivity index (χ3n) is 5.96. The smallest absolute Gasteiger partial charge is 0.416 e. The van der Waals surface area contributed by atoms with Crippen LogP contribution in [0.2, 0.25) is 0 Å². The topological polar surface area (TPSA) is 127 Å². The van der Waals surface area contributed by atoms with Crippen LogP contribution in [-0.2, 0) is 43.8 Å². The second-order valence-corrected chi connectivity index (χ2v) is 14.0. The van der Waals surface area contributed by atoms with Crippen LogP contribution < -0.4 is 0 Å². The number of sulfone groups is 1. The number of aliphatic carboxylic acids is 1. The van der Waals surface area contributed by atoms with Gasteiger partial charge in [-0.25, -0.2) is 16.8 Å². The van der Waals surface area contributed by atoms with Gasteiger partial charge in [0.2, 0.25) is 10.0 Å². The average Bonchev–Trinajstić information content (AvgIpc) is 3.13. The molecule has 1 aromatic carbocycles. The lowest BCUT2D eigenvalue weighted by Crippen LogP contribution is -2.34. The molecule has 0 radical (unpaired) electrons. The molecule has 1 heterocycles. The van der Waals surface area contributed by atoms with Gasteiger partial charge in [0.15, 0.2) is 9.84 Å². The largest absolute Gasteiger partial charge is 0.480 e. The Hall–Kier alpha value is -2.45. The van der Waals surface area contributed by atoms with Crippen LogP contribution in [0.25, 0.3) is 0 Å². The molecule has 0 bridgehead atoms. The Bertz CT molecular complexity index is 1360. The zero-order chi connectivity index (χ0) is 26.6. The number of benzene rings is 1. The Kier molecular flexibility index (Phi) is 6.89. The summed E-state index contributed by atoms with van der Waals surface area (Å²) in [5.41, 5.74) is -0.405. The first-order valence-electron chi connectivity index (χ1n) is 10.6. The molecule has 1 aromatic heterocycles. The maximum Gasteiger partial charge on any atom is 0.416 e. The lowest BCUT2D eigenvalue weighted by Gasteiger charge is -2.31. The lowest BCUT2D eigenvalue weighted by molar-refractivity contribution is -0.138. The number of aromatic nitrogens is 2. The van der Waals surface area contributed by atoms with Gasteiger partial charge in [-0.15, -0.1) is 0 Å². The van der Waals surface area contributed by atoms with Gasteiger partial charge in [-0.2, -0.15) is 22.6 Å². The molecule has 194 valence electrons. The minimum Gasteiger partial charge on any atom is -0.480 e. The molecule has 0 saturated carbocycles. The maximum absolute atomic E-state index is 13.6. The molecule has 3 rings (SSSR count). The normalized spacial score (nSPS) is 17.4. The quantitative estimate of drug-likeness (QED) is 0.599. The van der Waals surface area contributed by atoms with Gasteiger partial charge >= 0.3 is 12.1 Å². The van der Waals surface area contributed by atoms with Crippen molar-refractivity contribution in [1.82, 2.24) is 14.1 Å². The number of alkyl halides is 3. The molecule has 35 heavy (non-hydrogen) atoms. The van der Waals surface area contributed by atoms with E-state index in [1.54, 1.807) is 0 Å². The van der Waals surface area contributed by atoms with Crippen LogP contribution in [0.1, 0.15) is 56.5 Å². The van der Waals surface area contributed by atoms with Crippen molar-refractivity contribution in [2.75, 3.05) is 7.05 Å². The third kappa shape index (κ3) is 5.09. The summed E-state index contributed by atoms with van der Waals surface area (Å²) in [5, 5.41) is 13.1. The molecule has 1 unspecified atom stereocenters. The summed E-state index contributed by atoms with van der Waals surface area (Å²) in [6.07, 6.45) is -2.34. The van der Waals surface area contributed by atoms with Gasteiger partial charge in [0, 0.05) is 18.3 Å². The summed E-state index contributed by atoms with van der Waals surface area (Å²) < 4.78 is 94.3. The number of hydrogen-bond acceptors (Lipinski definition) is 6. The number of hydrogen-bond donors (Lipinski definition) is 1. The highest BCUT2D eigenvalue weighted by Gasteiger charge is 2.40. The van der Waals surface area contributed by atoms with Gasteiger partial charge in [0.1, 0.15) is 6.54 Å². The molecule has 0 spiro atoms. The van der Waals surface area contributed by atoms with E-state index in [1.165, 1.54) is 38.7 Å². The second kappa shape index (κ2) is 8.89. The van der Waals surface area contributed by atoms with Crippen LogP contribution in [0, 0.1) is 0 Å². The predicted molar refractivity (Wildman–Crippen MR) is 119 cm³/mol. The summed E-state index contributed by atoms with van der Waals surface area (Å²) in [6.45, 7) is 3.50. The summed E-state index contributed by atoms with van der Waals surface area (Å²) in [6, 6.07) is 0.794. The monoisotopic (exact) mass is 537 g/mol. The highest BCUT2D eigenvalue weighted by molar-refractivity contribution is 7.93. The van der Waals surface area contributed by atoms with E-state index in [1.807, 2.05) is 0 Å². The van der Waals surface area contributed by atoms with Crippen molar-refractivity contribution in [2.45, 2.75) is 73.3 Å². The summed E-state index contributed by atoms with van der Waals surface area (Å²) in [4.78, 5) is 9.55. The second-order valence-electron chi connectivity index (χ2n) is 9.33. The number of fused-ring (bicyclic) bond motifs is 1. The fourth-order valence-electron chi connectivity index (χ4n) is 3.96. The van der Waals surface area contributed by atoms with E-state index in [9.17, 15) is 34.8 Å². The van der Waals surface area contributed by atoms with E-state index in [2.05, 4.69) is 5.10 Å². The minimum atomic E-state index is -4.98. The number of carboxylic acid groups (broad SMARTS) is 1. The van der Waals surface area contributed by atoms with Crippen molar-refractivity contribution >= 4 is 25.8 Å². The number of rotatable bonds is 6. The Morgan fingerprint density at radius 1 is 1.14 bits per heavy atom. The zero-order valence-electron chi connectivity index (χ0n) is 19.5. The van der Waals surface area contributed by atoms with Gasteiger partial charge in [-0.05, 0) is 58.2 Å². The summed E-state index contributed by atoms with van der Waals surface area (Å²) in [7, 11) is -7.70. The molecule has 1 aliphatic carbocycles. The maximum atomic E-state index is 13.6. The Labute approximate surface area is 201 Å². The Morgan fingerprint density at radius 2 is 1.74 bits per heavy atom. The van der Waals surface area contributed by atoms with Crippen LogP contribution >= 0.6 is 0 Å². The van der Waals surface area contributed by atoms with Gasteiger partial charge < -0.3 is 5.11 Å². The molecule has 0 aliphatic heterocycles. The van der Waals surface area contributed by atoms with Crippen molar-refractivity contribution < 1.29 is 39.9 Å². The van der Waals surface area contributed by atoms with E-state index in [0.29, 0.717) is 42.7 Å². The number of carboxylic acids is 1. The first-order chi connectivity index (χ1) is 15.9. The molecule has 1 atom stereocenters. The molecule has 0 fully saturated rings. The fraction of sp³-hybridized carbons (Fsp3) is 0.524. The standard InChI is InChI=1S/C21H26F3N3O6S2/c1-20(2,3)34(30,31)14-8-13(21(22,23)24)9-15(10-14)35(32,33)26(4)17-6-5-7-18-16(17)11-25-27(18)12-19(28)29/h8-11,17H,5-7,12H2,1-4H3,(H,28,29). The average molecular weight is 538 g/mol. The predicted octanol–water partition coefficient (Wildman–Crippen LogP) is 3.26. The molecule has 1 N–H and O–H groups in total. The van der Waals surface area contributed by atoms with E-state index < -0.39 is 64.7 Å². The van der Waals surface area contributed by atoms with Crippen molar-refractivity contribution in [3.05, 3.63) is 41.2 Å². The number of sulfonamides is 1. The van der Waals surface area contributed by atoms with Crippen molar-refractivity contribution in [2.24, 2.45) is 0 Å². The van der Waals surface area contributed by atoms with E-state index in [-0.39, 0.29) is 0 Å². The fourth-order valence-corrected chi connectivity index (χ4v) is 6.75. The van der Waals surface area contributed by atoms with Crippen molar-refractivity contribution in [1.29, 1.82) is 0 Å². The molecular weight excluding hydrogens is 511 g/mol. The Balaban J connectivity index is 2.13. The molecular formula is C21H26F3N3O6S2. The lowest BCUT2D eigenvalue weighted by atomic mass is 9.93. The molecule has 9 nitrogen and oxygen atoms in total. The highest BCUT2D eigenvalue weighted by atomic mass is 32.2. The minimum absolute atomic E-state index is 0.327. The van der Waals surface area contributed by atoms with Crippen LogP contribution in [0.15, 0.2) is 34.2 Å². The number of nitrogens with zero attached hydrogens (tertiary/aromatic N) is 3. The first kappa shape index (κ1) is 27.1. The van der Waals surface area contributed by atoms with Gasteiger partial charge in [0.25, 0.3) is 0 Å². The van der Waals surface area contributed by atoms with E-state index >= 15 is 0 Å². The Morgan fingerprint density at radius 3 is 2.29 bits per heavy atom. The van der Waals surface area contributed by atoms with Crippen molar-refractivity contribution in [3.63, 3.8) is 0 Å². The molecule has 0 saturated heterocycles. The van der Waals surface area contributed by atoms with E-state index in [4.69, 9.17) is 5.11 Å². The van der Waals surface area contributed by atoms with Gasteiger partial charge in [0.05, 0.1) is 32.3 Å². The first-order valence-corrected chi connectivity index (χ1v) is 13.5. The highest BCUT2D eigenvalue weighted by Crippen LogP contribution is 2.39. The van der Waals surface area contributed by atoms with Crippen LogP contribution in [0.3, 0.4) is 0 Å².